The molecule has 1 N–H and O–H groups in total. The first-order valence-corrected chi connectivity index (χ1v) is 7.55. The van der Waals surface area contributed by atoms with Gasteiger partial charge in [-0.25, -0.2) is 4.98 Å². The lowest BCUT2D eigenvalue weighted by Gasteiger charge is -2.34. The van der Waals surface area contributed by atoms with Crippen molar-refractivity contribution in [1.82, 2.24) is 20.1 Å². The fourth-order valence-corrected chi connectivity index (χ4v) is 3.03. The number of carbonyl (C=O) groups excluding carboxylic acids is 1. The number of hydrogen-bond acceptors (Lipinski definition) is 3. The zero-order valence-corrected chi connectivity index (χ0v) is 12.2. The molecule has 0 unspecified atom stereocenters. The van der Waals surface area contributed by atoms with Crippen molar-refractivity contribution in [1.29, 1.82) is 0 Å². The van der Waals surface area contributed by atoms with Crippen molar-refractivity contribution in [2.24, 2.45) is 0 Å². The second kappa shape index (κ2) is 6.08. The molecule has 0 bridgehead atoms. The number of amides is 1. The molecule has 2 aromatic rings. The molecule has 21 heavy (non-hydrogen) atoms. The number of aromatic nitrogens is 3. The molecule has 110 valence electrons. The van der Waals surface area contributed by atoms with Crippen molar-refractivity contribution in [2.45, 2.75) is 38.6 Å². The summed E-state index contributed by atoms with van der Waals surface area (Å²) in [4.78, 5) is 19.1. The van der Waals surface area contributed by atoms with E-state index in [2.05, 4.69) is 22.1 Å². The molecule has 1 fully saturated rings. The number of rotatable bonds is 3. The van der Waals surface area contributed by atoms with Gasteiger partial charge in [-0.3, -0.25) is 9.89 Å². The zero-order chi connectivity index (χ0) is 14.7. The topological polar surface area (TPSA) is 61.9 Å². The molecule has 3 rings (SSSR count). The van der Waals surface area contributed by atoms with Crippen LogP contribution in [-0.4, -0.2) is 32.5 Å². The minimum Gasteiger partial charge on any atom is -0.328 e. The van der Waals surface area contributed by atoms with Crippen LogP contribution in [0.4, 0.5) is 0 Å². The van der Waals surface area contributed by atoms with E-state index < -0.39 is 0 Å². The minimum atomic E-state index is 0.0127. The van der Waals surface area contributed by atoms with Crippen LogP contribution in [0.3, 0.4) is 0 Å². The Morgan fingerprint density at radius 2 is 2.24 bits per heavy atom. The third-order valence-corrected chi connectivity index (χ3v) is 4.14. The predicted octanol–water partition coefficient (Wildman–Crippen LogP) is 2.73. The highest BCUT2D eigenvalue weighted by molar-refractivity contribution is 5.96. The fraction of sp³-hybridized carbons (Fsp3) is 0.438. The van der Waals surface area contributed by atoms with Crippen LogP contribution in [0.1, 0.15) is 54.0 Å². The number of aryl methyl sites for hydroxylation is 1. The van der Waals surface area contributed by atoms with E-state index in [1.165, 1.54) is 6.33 Å². The molecule has 1 amide bonds. The highest BCUT2D eigenvalue weighted by Gasteiger charge is 2.31. The molecule has 0 saturated carbocycles. The van der Waals surface area contributed by atoms with Gasteiger partial charge in [0.25, 0.3) is 5.91 Å². The molecule has 1 saturated heterocycles. The zero-order valence-electron chi connectivity index (χ0n) is 12.2. The monoisotopic (exact) mass is 284 g/mol. The van der Waals surface area contributed by atoms with Crippen molar-refractivity contribution in [3.05, 3.63) is 47.5 Å². The maximum absolute atomic E-state index is 12.9. The summed E-state index contributed by atoms with van der Waals surface area (Å²) < 4.78 is 0. The first-order chi connectivity index (χ1) is 10.3. The standard InChI is InChI=1S/C16H20N4O/c1-2-12-7-3-4-8-13(12)16(21)20-10-6-5-9-14(20)15-17-11-18-19-15/h3-4,7-8,11,14H,2,5-6,9-10H2,1H3,(H,17,18,19)/t14-/m0/s1. The maximum atomic E-state index is 12.9. The van der Waals surface area contributed by atoms with E-state index in [-0.39, 0.29) is 11.9 Å². The van der Waals surface area contributed by atoms with Crippen molar-refractivity contribution in [3.8, 4) is 0 Å². The molecule has 1 aromatic heterocycles. The number of aromatic amines is 1. The Balaban J connectivity index is 1.91. The Morgan fingerprint density at radius 3 is 3.00 bits per heavy atom. The lowest BCUT2D eigenvalue weighted by atomic mass is 9.98. The van der Waals surface area contributed by atoms with Gasteiger partial charge in [-0.1, -0.05) is 25.1 Å². The van der Waals surface area contributed by atoms with Gasteiger partial charge in [0.05, 0.1) is 6.04 Å². The Morgan fingerprint density at radius 1 is 1.38 bits per heavy atom. The van der Waals surface area contributed by atoms with E-state index >= 15 is 0 Å². The molecule has 1 aliphatic heterocycles. The van der Waals surface area contributed by atoms with Gasteiger partial charge in [0.15, 0.2) is 0 Å². The quantitative estimate of drug-likeness (QED) is 0.942. The summed E-state index contributed by atoms with van der Waals surface area (Å²) in [6.45, 7) is 2.86. The van der Waals surface area contributed by atoms with Gasteiger partial charge in [0, 0.05) is 12.1 Å². The van der Waals surface area contributed by atoms with Gasteiger partial charge >= 0.3 is 0 Å². The van der Waals surface area contributed by atoms with Crippen LogP contribution in [0, 0.1) is 0 Å². The van der Waals surface area contributed by atoms with Gasteiger partial charge in [-0.05, 0) is 37.3 Å². The molecular formula is C16H20N4O. The average molecular weight is 284 g/mol. The van der Waals surface area contributed by atoms with E-state index in [1.807, 2.05) is 29.2 Å². The Labute approximate surface area is 124 Å². The molecule has 0 aliphatic carbocycles. The lowest BCUT2D eigenvalue weighted by molar-refractivity contribution is 0.0599. The molecule has 5 nitrogen and oxygen atoms in total. The van der Waals surface area contributed by atoms with Crippen LogP contribution in [0.25, 0.3) is 0 Å². The number of H-pyrrole nitrogens is 1. The van der Waals surface area contributed by atoms with Crippen LogP contribution in [-0.2, 0) is 6.42 Å². The number of nitrogens with zero attached hydrogens (tertiary/aromatic N) is 3. The van der Waals surface area contributed by atoms with Crippen LogP contribution in [0.15, 0.2) is 30.6 Å². The number of nitrogens with one attached hydrogen (secondary N) is 1. The van der Waals surface area contributed by atoms with E-state index in [4.69, 9.17) is 0 Å². The largest absolute Gasteiger partial charge is 0.328 e. The summed E-state index contributed by atoms with van der Waals surface area (Å²) in [5.41, 5.74) is 1.91. The Bertz CT molecular complexity index is 608. The minimum absolute atomic E-state index is 0.0127. The van der Waals surface area contributed by atoms with E-state index in [0.29, 0.717) is 0 Å². The number of hydrogen-bond donors (Lipinski definition) is 1. The van der Waals surface area contributed by atoms with Crippen LogP contribution >= 0.6 is 0 Å². The highest BCUT2D eigenvalue weighted by Crippen LogP contribution is 2.30. The Kier molecular flexibility index (Phi) is 3.99. The first kappa shape index (κ1) is 13.8. The van der Waals surface area contributed by atoms with Crippen molar-refractivity contribution in [3.63, 3.8) is 0 Å². The van der Waals surface area contributed by atoms with Crippen LogP contribution < -0.4 is 0 Å². The first-order valence-electron chi connectivity index (χ1n) is 7.55. The van der Waals surface area contributed by atoms with Gasteiger partial charge < -0.3 is 4.90 Å². The van der Waals surface area contributed by atoms with Gasteiger partial charge in [0.2, 0.25) is 0 Å². The second-order valence-electron chi connectivity index (χ2n) is 5.39. The number of benzene rings is 1. The number of piperidine rings is 1. The Hall–Kier alpha value is -2.17. The van der Waals surface area contributed by atoms with E-state index in [0.717, 1.165) is 49.2 Å². The normalized spacial score (nSPS) is 18.7. The molecule has 0 spiro atoms. The molecule has 5 heteroatoms. The molecule has 2 heterocycles. The number of carbonyl (C=O) groups is 1. The molecule has 1 aliphatic rings. The van der Waals surface area contributed by atoms with Crippen LogP contribution in [0.2, 0.25) is 0 Å². The second-order valence-corrected chi connectivity index (χ2v) is 5.39. The molecular weight excluding hydrogens is 264 g/mol. The van der Waals surface area contributed by atoms with Crippen LogP contribution in [0.5, 0.6) is 0 Å². The fourth-order valence-electron chi connectivity index (χ4n) is 3.03. The third-order valence-electron chi connectivity index (χ3n) is 4.14. The van der Waals surface area contributed by atoms with Crippen molar-refractivity contribution < 1.29 is 4.79 Å². The smallest absolute Gasteiger partial charge is 0.254 e. The van der Waals surface area contributed by atoms with E-state index in [9.17, 15) is 4.79 Å². The van der Waals surface area contributed by atoms with Gasteiger partial charge in [0.1, 0.15) is 12.2 Å². The lowest BCUT2D eigenvalue weighted by Crippen LogP contribution is -2.39. The van der Waals surface area contributed by atoms with E-state index in [1.54, 1.807) is 0 Å². The summed E-state index contributed by atoms with van der Waals surface area (Å²) in [5.74, 6) is 0.894. The summed E-state index contributed by atoms with van der Waals surface area (Å²) in [7, 11) is 0. The SMILES string of the molecule is CCc1ccccc1C(=O)N1CCCC[C@H]1c1ncn[nH]1. The molecule has 1 aromatic carbocycles. The van der Waals surface area contributed by atoms with Gasteiger partial charge in [-0.15, -0.1) is 0 Å². The van der Waals surface area contributed by atoms with Crippen molar-refractivity contribution in [2.75, 3.05) is 6.54 Å². The average Bonchev–Trinajstić information content (AvgIpc) is 3.08. The highest BCUT2D eigenvalue weighted by atomic mass is 16.2. The maximum Gasteiger partial charge on any atom is 0.254 e. The summed E-state index contributed by atoms with van der Waals surface area (Å²) >= 11 is 0. The molecule has 0 radical (unpaired) electrons. The summed E-state index contributed by atoms with van der Waals surface area (Å²) in [6.07, 6.45) is 5.47. The van der Waals surface area contributed by atoms with Gasteiger partial charge in [-0.2, -0.15) is 5.10 Å². The number of likely N-dealkylation sites (tertiary alicyclic amines) is 1. The summed E-state index contributed by atoms with van der Waals surface area (Å²) in [6, 6.07) is 7.88. The third kappa shape index (κ3) is 2.68. The predicted molar refractivity (Wildman–Crippen MR) is 79.8 cm³/mol. The summed E-state index contributed by atoms with van der Waals surface area (Å²) in [5, 5.41) is 6.84. The molecule has 1 atom stereocenters. The van der Waals surface area contributed by atoms with Crippen molar-refractivity contribution >= 4 is 5.91 Å².